The van der Waals surface area contributed by atoms with Gasteiger partial charge in [-0.25, -0.2) is 0 Å². The van der Waals surface area contributed by atoms with E-state index in [0.29, 0.717) is 24.3 Å². The summed E-state index contributed by atoms with van der Waals surface area (Å²) in [5.41, 5.74) is 0.449. The number of carbonyl (C=O) groups excluding carboxylic acids is 1. The Kier molecular flexibility index (Phi) is 4.93. The van der Waals surface area contributed by atoms with Crippen LogP contribution in [0.3, 0.4) is 0 Å². The molecule has 0 aromatic carbocycles. The van der Waals surface area contributed by atoms with E-state index in [9.17, 15) is 4.79 Å². The second-order valence-electron chi connectivity index (χ2n) is 4.02. The van der Waals surface area contributed by atoms with Crippen LogP contribution in [0.5, 0.6) is 0 Å². The van der Waals surface area contributed by atoms with Crippen LogP contribution in [0.25, 0.3) is 0 Å². The van der Waals surface area contributed by atoms with E-state index in [1.807, 2.05) is 12.1 Å². The molecule has 0 saturated heterocycles. The van der Waals surface area contributed by atoms with E-state index >= 15 is 0 Å². The topological polar surface area (TPSA) is 75.4 Å². The number of nitrogens with one attached hydrogen (secondary N) is 1. The van der Waals surface area contributed by atoms with Crippen molar-refractivity contribution in [2.45, 2.75) is 19.9 Å². The average molecular weight is 290 g/mol. The first-order chi connectivity index (χ1) is 9.70. The van der Waals surface area contributed by atoms with Gasteiger partial charge in [-0.05, 0) is 19.1 Å². The molecule has 0 radical (unpaired) electrons. The van der Waals surface area contributed by atoms with E-state index in [4.69, 9.17) is 9.63 Å². The molecule has 0 spiro atoms. The van der Waals surface area contributed by atoms with Crippen LogP contribution in [0, 0.1) is 18.8 Å². The molecule has 2 aromatic heterocycles. The van der Waals surface area contributed by atoms with E-state index in [-0.39, 0.29) is 12.5 Å². The molecule has 2 rings (SSSR count). The summed E-state index contributed by atoms with van der Waals surface area (Å²) in [6.07, 6.45) is 1.88. The smallest absolute Gasteiger partial charge is 0.256 e. The second kappa shape index (κ2) is 6.89. The third kappa shape index (κ3) is 3.70. The first kappa shape index (κ1) is 14.3. The molecule has 2 N–H and O–H groups in total. The summed E-state index contributed by atoms with van der Waals surface area (Å²) < 4.78 is 4.85. The van der Waals surface area contributed by atoms with Gasteiger partial charge in [0.1, 0.15) is 11.3 Å². The number of hydrogen-bond acceptors (Lipinski definition) is 5. The fourth-order valence-corrected chi connectivity index (χ4v) is 2.35. The van der Waals surface area contributed by atoms with Crippen LogP contribution in [0.1, 0.15) is 32.3 Å². The number of aromatic nitrogens is 1. The zero-order valence-corrected chi connectivity index (χ0v) is 11.8. The first-order valence-electron chi connectivity index (χ1n) is 6.08. The maximum absolute atomic E-state index is 11.9. The summed E-state index contributed by atoms with van der Waals surface area (Å²) in [7, 11) is 0. The molecule has 0 aliphatic rings. The van der Waals surface area contributed by atoms with Crippen LogP contribution in [0.4, 0.5) is 0 Å². The summed E-state index contributed by atoms with van der Waals surface area (Å²) in [4.78, 5) is 13.8. The number of nitrogens with zero attached hydrogens (tertiary/aromatic N) is 1. The molecule has 104 valence electrons. The maximum atomic E-state index is 11.9. The van der Waals surface area contributed by atoms with Crippen LogP contribution in [0.2, 0.25) is 0 Å². The monoisotopic (exact) mass is 290 g/mol. The van der Waals surface area contributed by atoms with Crippen LogP contribution in [0.15, 0.2) is 22.9 Å². The molecule has 6 heteroatoms. The minimum atomic E-state index is -0.204. The Morgan fingerprint density at radius 2 is 2.40 bits per heavy atom. The van der Waals surface area contributed by atoms with Crippen LogP contribution >= 0.6 is 11.3 Å². The number of carbonyl (C=O) groups is 1. The van der Waals surface area contributed by atoms with Crippen LogP contribution in [-0.4, -0.2) is 22.8 Å². The van der Waals surface area contributed by atoms with Gasteiger partial charge in [0.2, 0.25) is 0 Å². The molecular weight excluding hydrogens is 276 g/mol. The molecule has 0 saturated carbocycles. The second-order valence-corrected chi connectivity index (χ2v) is 5.19. The van der Waals surface area contributed by atoms with Crippen molar-refractivity contribution in [1.82, 2.24) is 10.5 Å². The molecule has 0 unspecified atom stereocenters. The number of thiophene rings is 1. The molecule has 1 amide bonds. The molecule has 0 atom stereocenters. The van der Waals surface area contributed by atoms with Gasteiger partial charge >= 0.3 is 0 Å². The van der Waals surface area contributed by atoms with Crippen molar-refractivity contribution in [3.05, 3.63) is 39.4 Å². The van der Waals surface area contributed by atoms with Gasteiger partial charge < -0.3 is 14.9 Å². The maximum Gasteiger partial charge on any atom is 0.256 e. The standard InChI is InChI=1S/C14H14N2O3S/c1-10-13(9-16-19-10)14(18)15-8-12-6-5-11(20-12)4-2-3-7-17/h5-6,9,17H,3,7-8H2,1H3,(H,15,18). The summed E-state index contributed by atoms with van der Waals surface area (Å²) in [6.45, 7) is 2.21. The lowest BCUT2D eigenvalue weighted by atomic mass is 10.2. The van der Waals surface area contributed by atoms with Crippen molar-refractivity contribution in [2.24, 2.45) is 0 Å². The van der Waals surface area contributed by atoms with Gasteiger partial charge in [-0.15, -0.1) is 11.3 Å². The Balaban J connectivity index is 1.90. The van der Waals surface area contributed by atoms with Crippen LogP contribution < -0.4 is 5.32 Å². The highest BCUT2D eigenvalue weighted by Crippen LogP contribution is 2.15. The average Bonchev–Trinajstić information content (AvgIpc) is 3.05. The summed E-state index contributed by atoms with van der Waals surface area (Å²) >= 11 is 1.52. The normalized spacial score (nSPS) is 9.90. The Labute approximate surface area is 120 Å². The number of hydrogen-bond donors (Lipinski definition) is 2. The van der Waals surface area contributed by atoms with Gasteiger partial charge in [0.15, 0.2) is 0 Å². The predicted octanol–water partition coefficient (Wildman–Crippen LogP) is 1.71. The molecule has 0 bridgehead atoms. The lowest BCUT2D eigenvalue weighted by molar-refractivity contribution is 0.0950. The van der Waals surface area contributed by atoms with Gasteiger partial charge in [0.05, 0.1) is 24.2 Å². The van der Waals surface area contributed by atoms with Crippen molar-refractivity contribution in [3.8, 4) is 11.8 Å². The highest BCUT2D eigenvalue weighted by atomic mass is 32.1. The number of aliphatic hydroxyl groups is 1. The predicted molar refractivity (Wildman–Crippen MR) is 75.3 cm³/mol. The molecular formula is C14H14N2O3S. The summed E-state index contributed by atoms with van der Waals surface area (Å²) in [5, 5.41) is 15.0. The quantitative estimate of drug-likeness (QED) is 0.841. The van der Waals surface area contributed by atoms with Gasteiger partial charge in [0.25, 0.3) is 5.91 Å². The Morgan fingerprint density at radius 3 is 3.10 bits per heavy atom. The van der Waals surface area contributed by atoms with Crippen molar-refractivity contribution >= 4 is 17.2 Å². The van der Waals surface area contributed by atoms with Crippen molar-refractivity contribution < 1.29 is 14.4 Å². The minimum absolute atomic E-state index is 0.0688. The molecule has 0 aliphatic heterocycles. The summed E-state index contributed by atoms with van der Waals surface area (Å²) in [6, 6.07) is 3.83. The highest BCUT2D eigenvalue weighted by Gasteiger charge is 2.12. The van der Waals surface area contributed by atoms with E-state index in [2.05, 4.69) is 22.3 Å². The Bertz CT molecular complexity index is 649. The molecule has 20 heavy (non-hydrogen) atoms. The molecule has 5 nitrogen and oxygen atoms in total. The van der Waals surface area contributed by atoms with E-state index < -0.39 is 0 Å². The third-order valence-corrected chi connectivity index (χ3v) is 3.53. The van der Waals surface area contributed by atoms with Crippen molar-refractivity contribution in [1.29, 1.82) is 0 Å². The Hall–Kier alpha value is -2.10. The van der Waals surface area contributed by atoms with E-state index in [1.54, 1.807) is 6.92 Å². The zero-order valence-electron chi connectivity index (χ0n) is 11.0. The van der Waals surface area contributed by atoms with Crippen LogP contribution in [-0.2, 0) is 6.54 Å². The van der Waals surface area contributed by atoms with Gasteiger partial charge in [-0.1, -0.05) is 17.0 Å². The number of aliphatic hydroxyl groups excluding tert-OH is 1. The van der Waals surface area contributed by atoms with Crippen molar-refractivity contribution in [3.63, 3.8) is 0 Å². The number of rotatable bonds is 4. The largest absolute Gasteiger partial charge is 0.395 e. The SMILES string of the molecule is Cc1oncc1C(=O)NCc1ccc(C#CCCO)s1. The number of aryl methyl sites for hydroxylation is 1. The minimum Gasteiger partial charge on any atom is -0.395 e. The van der Waals surface area contributed by atoms with E-state index in [1.165, 1.54) is 17.5 Å². The van der Waals surface area contributed by atoms with Gasteiger partial charge in [-0.3, -0.25) is 4.79 Å². The Morgan fingerprint density at radius 1 is 1.55 bits per heavy atom. The molecule has 0 aliphatic carbocycles. The highest BCUT2D eigenvalue weighted by molar-refractivity contribution is 7.12. The fraction of sp³-hybridized carbons (Fsp3) is 0.286. The van der Waals surface area contributed by atoms with Crippen molar-refractivity contribution in [2.75, 3.05) is 6.61 Å². The van der Waals surface area contributed by atoms with Gasteiger partial charge in [-0.2, -0.15) is 0 Å². The molecule has 0 fully saturated rings. The summed E-state index contributed by atoms with van der Waals surface area (Å²) in [5.74, 6) is 6.12. The fourth-order valence-electron chi connectivity index (χ4n) is 1.52. The number of amides is 1. The molecule has 2 aromatic rings. The third-order valence-electron chi connectivity index (χ3n) is 2.53. The zero-order chi connectivity index (χ0) is 14.4. The van der Waals surface area contributed by atoms with Gasteiger partial charge in [0, 0.05) is 11.3 Å². The lowest BCUT2D eigenvalue weighted by Crippen LogP contribution is -2.22. The lowest BCUT2D eigenvalue weighted by Gasteiger charge is -2.00. The van der Waals surface area contributed by atoms with E-state index in [0.717, 1.165) is 9.75 Å². The molecule has 2 heterocycles. The first-order valence-corrected chi connectivity index (χ1v) is 6.90.